The first-order valence-corrected chi connectivity index (χ1v) is 10.8. The van der Waals surface area contributed by atoms with Crippen molar-refractivity contribution in [1.29, 1.82) is 0 Å². The molecule has 12 heteroatoms. The highest BCUT2D eigenvalue weighted by Gasteiger charge is 2.37. The van der Waals surface area contributed by atoms with E-state index in [4.69, 9.17) is 9.47 Å². The largest absolute Gasteiger partial charge is 0.496 e. The predicted molar refractivity (Wildman–Crippen MR) is 121 cm³/mol. The number of rotatable bonds is 7. The van der Waals surface area contributed by atoms with Gasteiger partial charge >= 0.3 is 5.97 Å². The minimum atomic E-state index is -0.865. The number of nitrogens with one attached hydrogen (secondary N) is 3. The molecule has 4 amide bonds. The normalized spacial score (nSPS) is 14.8. The van der Waals surface area contributed by atoms with Gasteiger partial charge < -0.3 is 9.47 Å². The summed E-state index contributed by atoms with van der Waals surface area (Å²) in [4.78, 5) is 60.8. The highest BCUT2D eigenvalue weighted by molar-refractivity contribution is 9.10. The second-order valence-electron chi connectivity index (χ2n) is 7.16. The van der Waals surface area contributed by atoms with Crippen molar-refractivity contribution in [3.8, 4) is 5.75 Å². The van der Waals surface area contributed by atoms with Crippen molar-refractivity contribution in [3.05, 3.63) is 64.1 Å². The molecule has 3 N–H and O–H groups in total. The van der Waals surface area contributed by atoms with Gasteiger partial charge in [0.15, 0.2) is 6.61 Å². The van der Waals surface area contributed by atoms with Gasteiger partial charge in [-0.2, -0.15) is 0 Å². The fourth-order valence-corrected chi connectivity index (χ4v) is 3.34. The van der Waals surface area contributed by atoms with Gasteiger partial charge in [0.1, 0.15) is 5.75 Å². The van der Waals surface area contributed by atoms with Gasteiger partial charge in [0, 0.05) is 16.5 Å². The molecule has 2 aromatic carbocycles. The van der Waals surface area contributed by atoms with E-state index in [0.717, 1.165) is 9.48 Å². The maximum absolute atomic E-state index is 12.5. The first kappa shape index (κ1) is 24.7. The summed E-state index contributed by atoms with van der Waals surface area (Å²) in [5.41, 5.74) is 7.34. The summed E-state index contributed by atoms with van der Waals surface area (Å²) in [7, 11) is 1.42. The number of hydrogen-bond donors (Lipinski definition) is 3. The van der Waals surface area contributed by atoms with Crippen LogP contribution < -0.4 is 21.0 Å². The first-order valence-electron chi connectivity index (χ1n) is 10.0. The topological polar surface area (TPSA) is 143 Å². The molecule has 2 aromatic rings. The number of amides is 4. The Morgan fingerprint density at radius 2 is 1.74 bits per heavy atom. The Morgan fingerprint density at radius 1 is 1.03 bits per heavy atom. The average molecular weight is 533 g/mol. The Hall–Kier alpha value is -3.93. The number of nitrogens with zero attached hydrogens (tertiary/aromatic N) is 1. The van der Waals surface area contributed by atoms with Crippen LogP contribution in [0.1, 0.15) is 27.1 Å². The summed E-state index contributed by atoms with van der Waals surface area (Å²) < 4.78 is 10.9. The van der Waals surface area contributed by atoms with Crippen molar-refractivity contribution >= 4 is 45.5 Å². The smallest absolute Gasteiger partial charge is 0.311 e. The van der Waals surface area contributed by atoms with Crippen molar-refractivity contribution < 1.29 is 33.4 Å². The molecule has 0 saturated carbocycles. The standard InChI is InChI=1S/C22H21BrN4O7/c1-33-17-5-3-2-4-16(17)21(31)26-27-11-14(10-19(27)29)22(32)34-12-18(28)24-25-20(30)13-6-8-15(23)9-7-13/h2-9,14H,10-12H2,1H3,(H,24,28)(H,25,30)(H,26,31)/t14-/m1/s1. The van der Waals surface area contributed by atoms with E-state index in [0.29, 0.717) is 11.3 Å². The predicted octanol–water partition coefficient (Wildman–Crippen LogP) is 0.955. The molecule has 1 atom stereocenters. The van der Waals surface area contributed by atoms with Crippen molar-refractivity contribution in [1.82, 2.24) is 21.3 Å². The number of halogens is 1. The van der Waals surface area contributed by atoms with E-state index in [1.165, 1.54) is 13.2 Å². The van der Waals surface area contributed by atoms with E-state index in [-0.39, 0.29) is 18.5 Å². The second kappa shape index (κ2) is 11.3. The zero-order valence-corrected chi connectivity index (χ0v) is 19.6. The fraction of sp³-hybridized carbons (Fsp3) is 0.227. The monoisotopic (exact) mass is 532 g/mol. The van der Waals surface area contributed by atoms with Crippen LogP contribution in [0, 0.1) is 5.92 Å². The number of methoxy groups -OCH3 is 1. The molecule has 11 nitrogen and oxygen atoms in total. The molecule has 1 aliphatic rings. The summed E-state index contributed by atoms with van der Waals surface area (Å²) in [6, 6.07) is 12.9. The van der Waals surface area contributed by atoms with Gasteiger partial charge in [-0.15, -0.1) is 0 Å². The van der Waals surface area contributed by atoms with Crippen LogP contribution in [0.15, 0.2) is 53.0 Å². The lowest BCUT2D eigenvalue weighted by molar-refractivity contribution is -0.152. The molecule has 178 valence electrons. The van der Waals surface area contributed by atoms with E-state index in [9.17, 15) is 24.0 Å². The zero-order valence-electron chi connectivity index (χ0n) is 18.0. The molecule has 0 aliphatic carbocycles. The lowest BCUT2D eigenvalue weighted by atomic mass is 10.1. The van der Waals surface area contributed by atoms with E-state index in [1.54, 1.807) is 42.5 Å². The fourth-order valence-electron chi connectivity index (χ4n) is 3.08. The quantitative estimate of drug-likeness (QED) is 0.355. The zero-order chi connectivity index (χ0) is 24.7. The summed E-state index contributed by atoms with van der Waals surface area (Å²) in [5.74, 6) is -3.66. The molecule has 1 saturated heterocycles. The van der Waals surface area contributed by atoms with Crippen LogP contribution in [-0.2, 0) is 19.1 Å². The average Bonchev–Trinajstić information content (AvgIpc) is 3.21. The summed E-state index contributed by atoms with van der Waals surface area (Å²) in [6.45, 7) is -0.766. The Kier molecular flexibility index (Phi) is 8.19. The molecule has 34 heavy (non-hydrogen) atoms. The molecule has 3 rings (SSSR count). The highest BCUT2D eigenvalue weighted by Crippen LogP contribution is 2.20. The third kappa shape index (κ3) is 6.32. The lowest BCUT2D eigenvalue weighted by Gasteiger charge is -2.18. The molecule has 0 unspecified atom stereocenters. The summed E-state index contributed by atoms with van der Waals surface area (Å²) >= 11 is 3.25. The maximum Gasteiger partial charge on any atom is 0.311 e. The molecular weight excluding hydrogens is 512 g/mol. The molecule has 0 bridgehead atoms. The van der Waals surface area contributed by atoms with Crippen LogP contribution >= 0.6 is 15.9 Å². The number of carbonyl (C=O) groups is 5. The number of benzene rings is 2. The van der Waals surface area contributed by atoms with E-state index >= 15 is 0 Å². The Morgan fingerprint density at radius 3 is 2.44 bits per heavy atom. The van der Waals surface area contributed by atoms with Gasteiger partial charge in [-0.05, 0) is 36.4 Å². The van der Waals surface area contributed by atoms with Gasteiger partial charge in [0.25, 0.3) is 17.7 Å². The van der Waals surface area contributed by atoms with Crippen molar-refractivity contribution in [3.63, 3.8) is 0 Å². The molecule has 1 fully saturated rings. The van der Waals surface area contributed by atoms with Gasteiger partial charge in [-0.3, -0.25) is 45.3 Å². The Labute approximate surface area is 202 Å². The highest BCUT2D eigenvalue weighted by atomic mass is 79.9. The molecule has 0 aromatic heterocycles. The van der Waals surface area contributed by atoms with Crippen LogP contribution in [0.3, 0.4) is 0 Å². The van der Waals surface area contributed by atoms with E-state index in [1.807, 2.05) is 0 Å². The number of carbonyl (C=O) groups excluding carboxylic acids is 5. The molecular formula is C22H21BrN4O7. The van der Waals surface area contributed by atoms with E-state index in [2.05, 4.69) is 32.2 Å². The summed E-state index contributed by atoms with van der Waals surface area (Å²) in [5, 5.41) is 1.03. The van der Waals surface area contributed by atoms with Gasteiger partial charge in [-0.25, -0.2) is 0 Å². The summed E-state index contributed by atoms with van der Waals surface area (Å²) in [6.07, 6.45) is -0.188. The van der Waals surface area contributed by atoms with Crippen LogP contribution in [0.2, 0.25) is 0 Å². The number of hydrazine groups is 2. The van der Waals surface area contributed by atoms with Crippen molar-refractivity contribution in [2.24, 2.45) is 5.92 Å². The van der Waals surface area contributed by atoms with Crippen LogP contribution in [-0.4, -0.2) is 54.9 Å². The number of ether oxygens (including phenoxy) is 2. The van der Waals surface area contributed by atoms with Crippen molar-refractivity contribution in [2.75, 3.05) is 20.3 Å². The van der Waals surface area contributed by atoms with E-state index < -0.39 is 42.1 Å². The maximum atomic E-state index is 12.5. The van der Waals surface area contributed by atoms with Crippen LogP contribution in [0.25, 0.3) is 0 Å². The van der Waals surface area contributed by atoms with Crippen LogP contribution in [0.5, 0.6) is 5.75 Å². The minimum absolute atomic E-state index is 0.111. The SMILES string of the molecule is COc1ccccc1C(=O)NN1C[C@H](C(=O)OCC(=O)NNC(=O)c2ccc(Br)cc2)CC1=O. The molecule has 1 heterocycles. The third-order valence-electron chi connectivity index (χ3n) is 4.81. The van der Waals surface area contributed by atoms with Gasteiger partial charge in [0.2, 0.25) is 5.91 Å². The molecule has 1 aliphatic heterocycles. The second-order valence-corrected chi connectivity index (χ2v) is 8.08. The number of esters is 1. The number of para-hydroxylation sites is 1. The molecule has 0 spiro atoms. The third-order valence-corrected chi connectivity index (χ3v) is 5.34. The van der Waals surface area contributed by atoms with Crippen LogP contribution in [0.4, 0.5) is 0 Å². The lowest BCUT2D eigenvalue weighted by Crippen LogP contribution is -2.44. The van der Waals surface area contributed by atoms with Gasteiger partial charge in [0.05, 0.1) is 25.1 Å². The Balaban J connectivity index is 1.44. The minimum Gasteiger partial charge on any atom is -0.496 e. The van der Waals surface area contributed by atoms with Gasteiger partial charge in [-0.1, -0.05) is 28.1 Å². The van der Waals surface area contributed by atoms with Crippen molar-refractivity contribution in [2.45, 2.75) is 6.42 Å². The first-order chi connectivity index (χ1) is 16.3. The Bertz CT molecular complexity index is 1110. The molecule has 0 radical (unpaired) electrons. The number of hydrogen-bond acceptors (Lipinski definition) is 7.